The van der Waals surface area contributed by atoms with E-state index < -0.39 is 0 Å². The van der Waals surface area contributed by atoms with Crippen LogP contribution in [0.15, 0.2) is 11.6 Å². The van der Waals surface area contributed by atoms with E-state index in [0.717, 1.165) is 34.7 Å². The van der Waals surface area contributed by atoms with Crippen LogP contribution in [0, 0.1) is 0 Å². The highest BCUT2D eigenvalue weighted by molar-refractivity contribution is 7.80. The maximum Gasteiger partial charge on any atom is 0.159 e. The molecule has 7 heteroatoms. The van der Waals surface area contributed by atoms with Crippen molar-refractivity contribution >= 4 is 34.4 Å². The summed E-state index contributed by atoms with van der Waals surface area (Å²) in [5.41, 5.74) is 8.76. The van der Waals surface area contributed by atoms with Crippen LogP contribution in [0.3, 0.4) is 0 Å². The van der Waals surface area contributed by atoms with Gasteiger partial charge in [-0.15, -0.1) is 16.4 Å². The molecule has 0 spiro atoms. The maximum absolute atomic E-state index is 5.92. The van der Waals surface area contributed by atoms with Gasteiger partial charge in [0.15, 0.2) is 5.82 Å². The monoisotopic (exact) mass is 321 g/mol. The number of nitrogens with zero attached hydrogens (tertiary/aromatic N) is 3. The molecule has 0 aliphatic heterocycles. The summed E-state index contributed by atoms with van der Waals surface area (Å²) in [4.78, 5) is 4.66. The first kappa shape index (κ1) is 15.8. The number of anilines is 1. The summed E-state index contributed by atoms with van der Waals surface area (Å²) in [6.45, 7) is 6.16. The Balaban J connectivity index is 2.41. The first-order valence-electron chi connectivity index (χ1n) is 6.92. The van der Waals surface area contributed by atoms with E-state index in [4.69, 9.17) is 18.0 Å². The lowest BCUT2D eigenvalue weighted by Crippen LogP contribution is -2.21. The van der Waals surface area contributed by atoms with Gasteiger partial charge in [-0.25, -0.2) is 4.98 Å². The smallest absolute Gasteiger partial charge is 0.159 e. The molecule has 2 rings (SSSR count). The number of hydrogen-bond acceptors (Lipinski definition) is 6. The molecule has 0 amide bonds. The van der Waals surface area contributed by atoms with E-state index in [9.17, 15) is 0 Å². The third-order valence-corrected chi connectivity index (χ3v) is 4.43. The zero-order valence-electron chi connectivity index (χ0n) is 12.4. The van der Waals surface area contributed by atoms with Crippen molar-refractivity contribution in [2.24, 2.45) is 5.73 Å². The molecule has 1 unspecified atom stereocenters. The Bertz CT molecular complexity index is 625. The lowest BCUT2D eigenvalue weighted by molar-refractivity contribution is 0.824. The van der Waals surface area contributed by atoms with Gasteiger partial charge in [-0.2, -0.15) is 5.10 Å². The quantitative estimate of drug-likeness (QED) is 0.797. The molecule has 21 heavy (non-hydrogen) atoms. The summed E-state index contributed by atoms with van der Waals surface area (Å²) in [6, 6.07) is 0.0320. The van der Waals surface area contributed by atoms with Crippen molar-refractivity contribution in [2.45, 2.75) is 39.7 Å². The van der Waals surface area contributed by atoms with E-state index in [1.54, 1.807) is 17.5 Å². The molecule has 2 heterocycles. The van der Waals surface area contributed by atoms with Gasteiger partial charge in [0.2, 0.25) is 0 Å². The number of rotatable bonds is 6. The van der Waals surface area contributed by atoms with Gasteiger partial charge in [0.25, 0.3) is 0 Å². The third-order valence-electron chi connectivity index (χ3n) is 3.27. The Hall–Kier alpha value is -1.60. The van der Waals surface area contributed by atoms with Crippen molar-refractivity contribution in [3.05, 3.63) is 33.4 Å². The Morgan fingerprint density at radius 2 is 2.14 bits per heavy atom. The number of thiocarbonyl (C=S) groups is 1. The van der Waals surface area contributed by atoms with Crippen molar-refractivity contribution in [3.8, 4) is 0 Å². The number of aromatic nitrogens is 3. The lowest BCUT2D eigenvalue weighted by atomic mass is 10.0. The molecular weight excluding hydrogens is 302 g/mol. The molecule has 3 N–H and O–H groups in total. The van der Waals surface area contributed by atoms with Crippen LogP contribution in [0.4, 0.5) is 5.82 Å². The second-order valence-corrected chi connectivity index (χ2v) is 6.02. The van der Waals surface area contributed by atoms with Crippen molar-refractivity contribution in [3.63, 3.8) is 0 Å². The second kappa shape index (κ2) is 6.91. The molecule has 2 aromatic heterocycles. The summed E-state index contributed by atoms with van der Waals surface area (Å²) >= 11 is 6.82. The summed E-state index contributed by atoms with van der Waals surface area (Å²) in [5, 5.41) is 14.8. The largest absolute Gasteiger partial charge is 0.389 e. The molecule has 0 saturated heterocycles. The van der Waals surface area contributed by atoms with Crippen LogP contribution >= 0.6 is 23.6 Å². The Morgan fingerprint density at radius 1 is 1.38 bits per heavy atom. The molecule has 0 fully saturated rings. The topological polar surface area (TPSA) is 76.7 Å². The number of aryl methyl sites for hydroxylation is 1. The van der Waals surface area contributed by atoms with Gasteiger partial charge >= 0.3 is 0 Å². The minimum atomic E-state index is 0.0320. The molecule has 0 bridgehead atoms. The van der Waals surface area contributed by atoms with E-state index >= 15 is 0 Å². The normalized spacial score (nSPS) is 12.1. The number of thiazole rings is 1. The molecule has 112 valence electrons. The van der Waals surface area contributed by atoms with Crippen LogP contribution in [-0.4, -0.2) is 20.2 Å². The lowest BCUT2D eigenvalue weighted by Gasteiger charge is -2.18. The van der Waals surface area contributed by atoms with Gasteiger partial charge in [-0.1, -0.05) is 26.1 Å². The van der Waals surface area contributed by atoms with Crippen molar-refractivity contribution in [1.29, 1.82) is 0 Å². The third kappa shape index (κ3) is 3.36. The molecule has 0 aromatic carbocycles. The van der Waals surface area contributed by atoms with Gasteiger partial charge in [0.05, 0.1) is 17.3 Å². The van der Waals surface area contributed by atoms with Crippen LogP contribution in [0.5, 0.6) is 0 Å². The van der Waals surface area contributed by atoms with Crippen LogP contribution < -0.4 is 11.1 Å². The van der Waals surface area contributed by atoms with Crippen LogP contribution in [0.25, 0.3) is 0 Å². The summed E-state index contributed by atoms with van der Waals surface area (Å²) in [5.74, 6) is 0.638. The van der Waals surface area contributed by atoms with Crippen molar-refractivity contribution in [2.75, 3.05) is 5.32 Å². The molecule has 0 aliphatic rings. The number of hydrogen-bond donors (Lipinski definition) is 2. The van der Waals surface area contributed by atoms with Crippen LogP contribution in [0.1, 0.15) is 48.6 Å². The van der Waals surface area contributed by atoms with E-state index in [0.29, 0.717) is 10.8 Å². The first-order valence-corrected chi connectivity index (χ1v) is 8.21. The maximum atomic E-state index is 5.92. The highest BCUT2D eigenvalue weighted by atomic mass is 32.1. The Labute approximate surface area is 134 Å². The minimum Gasteiger partial charge on any atom is -0.389 e. The predicted octanol–water partition coefficient (Wildman–Crippen LogP) is 2.87. The molecule has 1 atom stereocenters. The van der Waals surface area contributed by atoms with Gasteiger partial charge < -0.3 is 11.1 Å². The minimum absolute atomic E-state index is 0.0320. The van der Waals surface area contributed by atoms with E-state index in [-0.39, 0.29) is 6.04 Å². The van der Waals surface area contributed by atoms with Gasteiger partial charge in [-0.3, -0.25) is 0 Å². The van der Waals surface area contributed by atoms with Gasteiger partial charge in [-0.05, 0) is 25.3 Å². The zero-order chi connectivity index (χ0) is 15.4. The predicted molar refractivity (Wildman–Crippen MR) is 90.8 cm³/mol. The fourth-order valence-electron chi connectivity index (χ4n) is 2.25. The SMILES string of the molecule is CCc1nnc(NC(C)c2nccs2)c(C(N)=S)c1CC. The van der Waals surface area contributed by atoms with Crippen LogP contribution in [0.2, 0.25) is 0 Å². The fraction of sp³-hybridized carbons (Fsp3) is 0.429. The molecular formula is C14H19N5S2. The molecule has 2 aromatic rings. The molecule has 0 radical (unpaired) electrons. The highest BCUT2D eigenvalue weighted by Crippen LogP contribution is 2.25. The summed E-state index contributed by atoms with van der Waals surface area (Å²) < 4.78 is 0. The molecule has 0 saturated carbocycles. The Kier molecular flexibility index (Phi) is 5.19. The van der Waals surface area contributed by atoms with E-state index in [1.807, 2.05) is 12.3 Å². The highest BCUT2D eigenvalue weighted by Gasteiger charge is 2.19. The number of nitrogens with two attached hydrogens (primary N) is 1. The molecule has 0 aliphatic carbocycles. The number of nitrogens with one attached hydrogen (secondary N) is 1. The average molecular weight is 321 g/mol. The fourth-order valence-corrected chi connectivity index (χ4v) is 3.12. The Morgan fingerprint density at radius 3 is 2.67 bits per heavy atom. The molecule has 5 nitrogen and oxygen atoms in total. The van der Waals surface area contributed by atoms with E-state index in [2.05, 4.69) is 34.3 Å². The van der Waals surface area contributed by atoms with Crippen molar-refractivity contribution in [1.82, 2.24) is 15.2 Å². The van der Waals surface area contributed by atoms with Crippen molar-refractivity contribution < 1.29 is 0 Å². The zero-order valence-corrected chi connectivity index (χ0v) is 14.0. The first-order chi connectivity index (χ1) is 10.1. The van der Waals surface area contributed by atoms with Gasteiger partial charge in [0.1, 0.15) is 10.00 Å². The second-order valence-electron chi connectivity index (χ2n) is 4.66. The summed E-state index contributed by atoms with van der Waals surface area (Å²) in [6.07, 6.45) is 3.43. The summed E-state index contributed by atoms with van der Waals surface area (Å²) in [7, 11) is 0. The standard InChI is InChI=1S/C14H19N5S2/c1-4-9-10(5-2)18-19-13(11(9)12(15)20)17-8(3)14-16-6-7-21-14/h6-8H,4-5H2,1-3H3,(H2,15,20)(H,17,19). The van der Waals surface area contributed by atoms with Crippen LogP contribution in [-0.2, 0) is 12.8 Å². The van der Waals surface area contributed by atoms with E-state index in [1.165, 1.54) is 0 Å². The average Bonchev–Trinajstić information content (AvgIpc) is 3.00. The van der Waals surface area contributed by atoms with Gasteiger partial charge in [0, 0.05) is 11.6 Å².